The molecule has 2 aromatic heterocycles. The normalized spacial score (nSPS) is 15.4. The Morgan fingerprint density at radius 1 is 1.37 bits per heavy atom. The molecule has 0 unspecified atom stereocenters. The van der Waals surface area contributed by atoms with Gasteiger partial charge < -0.3 is 16.0 Å². The van der Waals surface area contributed by atoms with E-state index < -0.39 is 0 Å². The Morgan fingerprint density at radius 3 is 2.89 bits per heavy atom. The van der Waals surface area contributed by atoms with Gasteiger partial charge in [-0.25, -0.2) is 0 Å². The van der Waals surface area contributed by atoms with Gasteiger partial charge in [-0.05, 0) is 29.2 Å². The summed E-state index contributed by atoms with van der Waals surface area (Å²) in [5.41, 5.74) is 7.83. The number of piperazine rings is 1. The minimum Gasteiger partial charge on any atom is -0.382 e. The molecule has 3 heterocycles. The molecule has 0 aromatic carbocycles. The lowest BCUT2D eigenvalue weighted by Crippen LogP contribution is -2.47. The second kappa shape index (κ2) is 4.85. The van der Waals surface area contributed by atoms with Crippen molar-refractivity contribution >= 4 is 28.3 Å². The van der Waals surface area contributed by atoms with Crippen molar-refractivity contribution in [1.82, 2.24) is 14.7 Å². The van der Waals surface area contributed by atoms with Crippen LogP contribution in [0.4, 0.5) is 10.8 Å². The Kier molecular flexibility index (Phi) is 3.04. The fourth-order valence-electron chi connectivity index (χ4n) is 2.11. The maximum Gasteiger partial charge on any atom is 0.239 e. The highest BCUT2D eigenvalue weighted by Gasteiger charge is 2.23. The van der Waals surface area contributed by atoms with Crippen molar-refractivity contribution in [3.63, 3.8) is 0 Å². The van der Waals surface area contributed by atoms with Gasteiger partial charge in [0.1, 0.15) is 10.8 Å². The van der Waals surface area contributed by atoms with E-state index in [0.29, 0.717) is 18.9 Å². The number of nitrogens with zero attached hydrogens (tertiary/aromatic N) is 3. The van der Waals surface area contributed by atoms with Crippen LogP contribution in [0, 0.1) is 0 Å². The van der Waals surface area contributed by atoms with Crippen LogP contribution < -0.4 is 16.0 Å². The summed E-state index contributed by atoms with van der Waals surface area (Å²) >= 11 is 1.33. The Hall–Kier alpha value is -2.15. The molecule has 0 saturated carbocycles. The van der Waals surface area contributed by atoms with Gasteiger partial charge in [-0.2, -0.15) is 4.37 Å². The van der Waals surface area contributed by atoms with Crippen molar-refractivity contribution in [2.75, 3.05) is 30.3 Å². The lowest BCUT2D eigenvalue weighted by molar-refractivity contribution is -0.120. The van der Waals surface area contributed by atoms with E-state index in [2.05, 4.69) is 14.7 Å². The quantitative estimate of drug-likeness (QED) is 0.844. The molecule has 1 amide bonds. The second-order valence-corrected chi connectivity index (χ2v) is 5.01. The van der Waals surface area contributed by atoms with Crippen molar-refractivity contribution in [1.29, 1.82) is 0 Å². The predicted molar refractivity (Wildman–Crippen MR) is 75.0 cm³/mol. The molecular formula is C12H13N5OS. The van der Waals surface area contributed by atoms with Crippen LogP contribution in [0.15, 0.2) is 24.5 Å². The molecule has 0 radical (unpaired) electrons. The maximum atomic E-state index is 11.5. The molecule has 0 spiro atoms. The zero-order valence-electron chi connectivity index (χ0n) is 10.2. The number of rotatable bonds is 2. The highest BCUT2D eigenvalue weighted by atomic mass is 32.1. The molecule has 1 saturated heterocycles. The Morgan fingerprint density at radius 2 is 2.16 bits per heavy atom. The van der Waals surface area contributed by atoms with Gasteiger partial charge in [0.15, 0.2) is 0 Å². The second-order valence-electron chi connectivity index (χ2n) is 4.26. The standard InChI is InChI=1S/C12H13N5OS/c13-11-10(8-1-3-14-4-2-8)12(19-16-11)17-6-5-15-9(18)7-17/h1-4H,5-7H2,(H2,13,16)(H,15,18). The Bertz CT molecular complexity index is 597. The zero-order chi connectivity index (χ0) is 13.2. The molecular weight excluding hydrogens is 262 g/mol. The molecule has 3 N–H and O–H groups in total. The minimum absolute atomic E-state index is 0.0268. The number of nitrogens with one attached hydrogen (secondary N) is 1. The van der Waals surface area contributed by atoms with E-state index >= 15 is 0 Å². The topological polar surface area (TPSA) is 84.1 Å². The zero-order valence-corrected chi connectivity index (χ0v) is 11.0. The summed E-state index contributed by atoms with van der Waals surface area (Å²) in [5.74, 6) is 0.524. The van der Waals surface area contributed by atoms with Crippen LogP contribution in [-0.4, -0.2) is 34.9 Å². The van der Waals surface area contributed by atoms with E-state index in [1.807, 2.05) is 17.0 Å². The van der Waals surface area contributed by atoms with Gasteiger partial charge in [-0.1, -0.05) is 0 Å². The van der Waals surface area contributed by atoms with Crippen LogP contribution in [0.3, 0.4) is 0 Å². The number of hydrogen-bond donors (Lipinski definition) is 2. The number of aromatic nitrogens is 2. The molecule has 6 nitrogen and oxygen atoms in total. The SMILES string of the molecule is Nc1nsc(N2CCNC(=O)C2)c1-c1ccncc1. The molecule has 3 rings (SSSR count). The van der Waals surface area contributed by atoms with E-state index in [0.717, 1.165) is 22.7 Å². The van der Waals surface area contributed by atoms with Crippen LogP contribution in [0.25, 0.3) is 11.1 Å². The molecule has 2 aromatic rings. The van der Waals surface area contributed by atoms with Gasteiger partial charge in [-0.15, -0.1) is 0 Å². The predicted octanol–water partition coefficient (Wildman–Crippen LogP) is 0.723. The first kappa shape index (κ1) is 11.9. The number of nitrogen functional groups attached to an aromatic ring is 1. The van der Waals surface area contributed by atoms with Crippen LogP contribution in [0.5, 0.6) is 0 Å². The first-order chi connectivity index (χ1) is 9.25. The summed E-state index contributed by atoms with van der Waals surface area (Å²) in [6, 6.07) is 3.79. The fraction of sp³-hybridized carbons (Fsp3) is 0.250. The fourth-order valence-corrected chi connectivity index (χ4v) is 2.97. The third kappa shape index (κ3) is 2.24. The minimum atomic E-state index is 0.0268. The summed E-state index contributed by atoms with van der Waals surface area (Å²) < 4.78 is 4.22. The summed E-state index contributed by atoms with van der Waals surface area (Å²) in [6.07, 6.45) is 3.44. The van der Waals surface area contributed by atoms with Gasteiger partial charge in [0.25, 0.3) is 0 Å². The van der Waals surface area contributed by atoms with Crippen LogP contribution in [0.2, 0.25) is 0 Å². The number of amides is 1. The number of pyridine rings is 1. The monoisotopic (exact) mass is 275 g/mol. The largest absolute Gasteiger partial charge is 0.382 e. The number of nitrogens with two attached hydrogens (primary N) is 1. The van der Waals surface area contributed by atoms with Crippen LogP contribution in [0.1, 0.15) is 0 Å². The van der Waals surface area contributed by atoms with E-state index in [-0.39, 0.29) is 5.91 Å². The number of hydrogen-bond acceptors (Lipinski definition) is 6. The molecule has 19 heavy (non-hydrogen) atoms. The van der Waals surface area contributed by atoms with Crippen molar-refractivity contribution in [3.05, 3.63) is 24.5 Å². The molecule has 1 aliphatic rings. The first-order valence-electron chi connectivity index (χ1n) is 5.93. The summed E-state index contributed by atoms with van der Waals surface area (Å²) in [6.45, 7) is 1.76. The van der Waals surface area contributed by atoms with Gasteiger partial charge in [-0.3, -0.25) is 9.78 Å². The van der Waals surface area contributed by atoms with E-state index in [1.165, 1.54) is 11.5 Å². The summed E-state index contributed by atoms with van der Waals surface area (Å²) in [7, 11) is 0. The number of carbonyl (C=O) groups excluding carboxylic acids is 1. The first-order valence-corrected chi connectivity index (χ1v) is 6.70. The lowest BCUT2D eigenvalue weighted by Gasteiger charge is -2.27. The molecule has 98 valence electrons. The molecule has 7 heteroatoms. The molecule has 0 bridgehead atoms. The van der Waals surface area contributed by atoms with Crippen molar-refractivity contribution in [2.24, 2.45) is 0 Å². The molecule has 0 aliphatic carbocycles. The third-order valence-corrected chi connectivity index (χ3v) is 3.92. The van der Waals surface area contributed by atoms with Gasteiger partial charge in [0.2, 0.25) is 5.91 Å². The molecule has 1 fully saturated rings. The van der Waals surface area contributed by atoms with Crippen LogP contribution in [-0.2, 0) is 4.79 Å². The Balaban J connectivity index is 2.01. The summed E-state index contributed by atoms with van der Waals surface area (Å²) in [4.78, 5) is 17.5. The smallest absolute Gasteiger partial charge is 0.239 e. The summed E-state index contributed by atoms with van der Waals surface area (Å²) in [5, 5.41) is 3.75. The third-order valence-electron chi connectivity index (χ3n) is 3.00. The van der Waals surface area contributed by atoms with Crippen LogP contribution >= 0.6 is 11.5 Å². The van der Waals surface area contributed by atoms with Crippen molar-refractivity contribution in [2.45, 2.75) is 0 Å². The van der Waals surface area contributed by atoms with Gasteiger partial charge >= 0.3 is 0 Å². The molecule has 0 atom stereocenters. The number of carbonyl (C=O) groups is 1. The van der Waals surface area contributed by atoms with E-state index in [4.69, 9.17) is 5.73 Å². The van der Waals surface area contributed by atoms with Crippen molar-refractivity contribution in [3.8, 4) is 11.1 Å². The van der Waals surface area contributed by atoms with Gasteiger partial charge in [0, 0.05) is 25.5 Å². The average molecular weight is 275 g/mol. The molecule has 1 aliphatic heterocycles. The average Bonchev–Trinajstić information content (AvgIpc) is 2.82. The Labute approximate surface area is 114 Å². The highest BCUT2D eigenvalue weighted by Crippen LogP contribution is 2.39. The van der Waals surface area contributed by atoms with E-state index in [9.17, 15) is 4.79 Å². The lowest BCUT2D eigenvalue weighted by atomic mass is 10.1. The van der Waals surface area contributed by atoms with E-state index in [1.54, 1.807) is 12.4 Å². The highest BCUT2D eigenvalue weighted by molar-refractivity contribution is 7.11. The number of anilines is 2. The van der Waals surface area contributed by atoms with Crippen molar-refractivity contribution < 1.29 is 4.79 Å². The van der Waals surface area contributed by atoms with Gasteiger partial charge in [0.05, 0.1) is 12.1 Å². The maximum absolute atomic E-state index is 11.5.